The summed E-state index contributed by atoms with van der Waals surface area (Å²) in [6.45, 7) is 1.96. The number of hydrogen-bond donors (Lipinski definition) is 2. The molecule has 1 unspecified atom stereocenters. The van der Waals surface area contributed by atoms with Gasteiger partial charge >= 0.3 is 0 Å². The molecule has 0 amide bonds. The smallest absolute Gasteiger partial charge is 0.152 e. The fourth-order valence-corrected chi connectivity index (χ4v) is 3.96. The predicted molar refractivity (Wildman–Crippen MR) is 77.7 cm³/mol. The lowest BCUT2D eigenvalue weighted by Crippen LogP contribution is -2.23. The maximum atomic E-state index is 11.4. The zero-order chi connectivity index (χ0) is 13.3. The van der Waals surface area contributed by atoms with E-state index in [0.29, 0.717) is 11.4 Å². The van der Waals surface area contributed by atoms with E-state index in [-0.39, 0.29) is 17.5 Å². The molecule has 4 nitrogen and oxygen atoms in total. The molecule has 1 aromatic rings. The Hall–Kier alpha value is -1.14. The monoisotopic (exact) mass is 284 g/mol. The van der Waals surface area contributed by atoms with E-state index >= 15 is 0 Å². The Balaban J connectivity index is 2.22. The summed E-state index contributed by atoms with van der Waals surface area (Å²) in [6.07, 6.45) is 0.632. The number of rotatable bonds is 3. The van der Waals surface area contributed by atoms with Gasteiger partial charge in [0.1, 0.15) is 4.99 Å². The molecule has 1 fully saturated rings. The molecule has 0 radical (unpaired) electrons. The van der Waals surface area contributed by atoms with Gasteiger partial charge in [-0.25, -0.2) is 8.42 Å². The summed E-state index contributed by atoms with van der Waals surface area (Å²) in [7, 11) is -2.88. The van der Waals surface area contributed by atoms with Crippen LogP contribution in [0.2, 0.25) is 0 Å². The van der Waals surface area contributed by atoms with Crippen LogP contribution < -0.4 is 11.1 Å². The number of nitrogens with two attached hydrogens (primary N) is 1. The number of aryl methyl sites for hydroxylation is 1. The van der Waals surface area contributed by atoms with Crippen LogP contribution in [-0.2, 0) is 9.84 Å². The average molecular weight is 284 g/mol. The third-order valence-electron chi connectivity index (χ3n) is 3.03. The first-order valence-electron chi connectivity index (χ1n) is 5.75. The maximum Gasteiger partial charge on any atom is 0.152 e. The van der Waals surface area contributed by atoms with Crippen molar-refractivity contribution in [3.8, 4) is 0 Å². The number of nitrogens with one attached hydrogen (secondary N) is 1. The Morgan fingerprint density at radius 1 is 1.50 bits per heavy atom. The van der Waals surface area contributed by atoms with Crippen LogP contribution in [0.25, 0.3) is 0 Å². The zero-order valence-corrected chi connectivity index (χ0v) is 11.8. The average Bonchev–Trinajstić information content (AvgIpc) is 2.60. The molecule has 98 valence electrons. The summed E-state index contributed by atoms with van der Waals surface area (Å²) in [5.74, 6) is 0.427. The predicted octanol–water partition coefficient (Wildman–Crippen LogP) is 1.23. The van der Waals surface area contributed by atoms with E-state index in [9.17, 15) is 8.42 Å². The molecular formula is C12H16N2O2S2. The topological polar surface area (TPSA) is 72.2 Å². The van der Waals surface area contributed by atoms with Gasteiger partial charge in [-0.05, 0) is 25.5 Å². The van der Waals surface area contributed by atoms with Crippen LogP contribution in [0.3, 0.4) is 0 Å². The number of thiocarbonyl (C=S) groups is 1. The molecule has 18 heavy (non-hydrogen) atoms. The lowest BCUT2D eigenvalue weighted by molar-refractivity contribution is 0.602. The minimum absolute atomic E-state index is 0.0502. The van der Waals surface area contributed by atoms with Crippen molar-refractivity contribution in [1.82, 2.24) is 0 Å². The Morgan fingerprint density at radius 3 is 2.78 bits per heavy atom. The molecule has 1 aliphatic rings. The molecule has 0 spiro atoms. The standard InChI is InChI=1S/C12H16N2O2S2/c1-8-2-3-11(10(6-8)12(13)17)14-9-4-5-18(15,16)7-9/h2-3,6,9,14H,4-5,7H2,1H3,(H2,13,17). The van der Waals surface area contributed by atoms with Crippen LogP contribution in [0.1, 0.15) is 17.5 Å². The van der Waals surface area contributed by atoms with Crippen LogP contribution in [0, 0.1) is 6.92 Å². The van der Waals surface area contributed by atoms with Gasteiger partial charge in [0.25, 0.3) is 0 Å². The van der Waals surface area contributed by atoms with Crippen molar-refractivity contribution in [2.24, 2.45) is 5.73 Å². The van der Waals surface area contributed by atoms with E-state index in [1.165, 1.54) is 0 Å². The van der Waals surface area contributed by atoms with Crippen molar-refractivity contribution in [1.29, 1.82) is 0 Å². The largest absolute Gasteiger partial charge is 0.389 e. The van der Waals surface area contributed by atoms with Crippen molar-refractivity contribution in [2.45, 2.75) is 19.4 Å². The molecular weight excluding hydrogens is 268 g/mol. The van der Waals surface area contributed by atoms with Crippen molar-refractivity contribution in [3.63, 3.8) is 0 Å². The summed E-state index contributed by atoms with van der Waals surface area (Å²) in [4.78, 5) is 0.321. The van der Waals surface area contributed by atoms with Gasteiger partial charge in [-0.15, -0.1) is 0 Å². The molecule has 3 N–H and O–H groups in total. The molecule has 1 aliphatic heterocycles. The van der Waals surface area contributed by atoms with E-state index < -0.39 is 9.84 Å². The van der Waals surface area contributed by atoms with Crippen molar-refractivity contribution >= 4 is 32.7 Å². The van der Waals surface area contributed by atoms with Gasteiger partial charge in [-0.2, -0.15) is 0 Å². The number of sulfone groups is 1. The van der Waals surface area contributed by atoms with Gasteiger partial charge < -0.3 is 11.1 Å². The first-order valence-corrected chi connectivity index (χ1v) is 7.98. The summed E-state index contributed by atoms with van der Waals surface area (Å²) < 4.78 is 22.8. The molecule has 0 aromatic heterocycles. The van der Waals surface area contributed by atoms with Crippen LogP contribution in [0.4, 0.5) is 5.69 Å². The van der Waals surface area contributed by atoms with Crippen LogP contribution in [0.15, 0.2) is 18.2 Å². The highest BCUT2D eigenvalue weighted by molar-refractivity contribution is 7.91. The Labute approximate surface area is 112 Å². The number of benzene rings is 1. The molecule has 1 aromatic carbocycles. The van der Waals surface area contributed by atoms with Crippen LogP contribution in [0.5, 0.6) is 0 Å². The van der Waals surface area contributed by atoms with Crippen molar-refractivity contribution in [2.75, 3.05) is 16.8 Å². The highest BCUT2D eigenvalue weighted by Gasteiger charge is 2.28. The normalized spacial score (nSPS) is 21.7. The Bertz CT molecular complexity index is 582. The maximum absolute atomic E-state index is 11.4. The molecule has 1 atom stereocenters. The minimum atomic E-state index is -2.88. The molecule has 1 saturated heterocycles. The van der Waals surface area contributed by atoms with Crippen molar-refractivity contribution in [3.05, 3.63) is 29.3 Å². The molecule has 0 bridgehead atoms. The fraction of sp³-hybridized carbons (Fsp3) is 0.417. The van der Waals surface area contributed by atoms with Gasteiger partial charge in [0, 0.05) is 17.3 Å². The molecule has 6 heteroatoms. The highest BCUT2D eigenvalue weighted by atomic mass is 32.2. The molecule has 0 aliphatic carbocycles. The van der Waals surface area contributed by atoms with Gasteiger partial charge in [0.15, 0.2) is 9.84 Å². The molecule has 1 heterocycles. The Morgan fingerprint density at radius 2 is 2.22 bits per heavy atom. The summed E-state index contributed by atoms with van der Waals surface area (Å²) in [6, 6.07) is 5.71. The summed E-state index contributed by atoms with van der Waals surface area (Å²) in [5.41, 5.74) is 8.34. The van der Waals surface area contributed by atoms with Gasteiger partial charge in [-0.3, -0.25) is 0 Å². The lowest BCUT2D eigenvalue weighted by Gasteiger charge is -2.16. The second kappa shape index (κ2) is 4.85. The SMILES string of the molecule is Cc1ccc(NC2CCS(=O)(=O)C2)c(C(N)=S)c1. The fourth-order valence-electron chi connectivity index (χ4n) is 2.12. The van der Waals surface area contributed by atoms with E-state index in [0.717, 1.165) is 16.8 Å². The van der Waals surface area contributed by atoms with Crippen LogP contribution >= 0.6 is 12.2 Å². The quantitative estimate of drug-likeness (QED) is 0.817. The second-order valence-corrected chi connectivity index (χ2v) is 7.33. The molecule has 2 rings (SSSR count). The first kappa shape index (κ1) is 13.3. The summed E-state index contributed by atoms with van der Waals surface area (Å²) in [5, 5.41) is 3.23. The molecule has 0 saturated carbocycles. The lowest BCUT2D eigenvalue weighted by atomic mass is 10.1. The third kappa shape index (κ3) is 3.00. The van der Waals surface area contributed by atoms with E-state index in [2.05, 4.69) is 5.32 Å². The number of anilines is 1. The zero-order valence-electron chi connectivity index (χ0n) is 10.1. The van der Waals surface area contributed by atoms with E-state index in [1.807, 2.05) is 25.1 Å². The first-order chi connectivity index (χ1) is 8.37. The second-order valence-electron chi connectivity index (χ2n) is 4.66. The van der Waals surface area contributed by atoms with E-state index in [4.69, 9.17) is 18.0 Å². The van der Waals surface area contributed by atoms with Crippen LogP contribution in [-0.4, -0.2) is 31.0 Å². The summed E-state index contributed by atoms with van der Waals surface area (Å²) >= 11 is 5.01. The van der Waals surface area contributed by atoms with Gasteiger partial charge in [0.2, 0.25) is 0 Å². The van der Waals surface area contributed by atoms with Crippen molar-refractivity contribution < 1.29 is 8.42 Å². The number of hydrogen-bond acceptors (Lipinski definition) is 4. The van der Waals surface area contributed by atoms with Gasteiger partial charge in [-0.1, -0.05) is 23.8 Å². The highest BCUT2D eigenvalue weighted by Crippen LogP contribution is 2.22. The minimum Gasteiger partial charge on any atom is -0.389 e. The van der Waals surface area contributed by atoms with E-state index in [1.54, 1.807) is 0 Å². The Kier molecular flexibility index (Phi) is 3.59. The third-order valence-corrected chi connectivity index (χ3v) is 5.02. The van der Waals surface area contributed by atoms with Gasteiger partial charge in [0.05, 0.1) is 11.5 Å².